The summed E-state index contributed by atoms with van der Waals surface area (Å²) < 4.78 is 5.15. The summed E-state index contributed by atoms with van der Waals surface area (Å²) in [6.45, 7) is 6.54. The second-order valence-corrected chi connectivity index (χ2v) is 8.17. The Hall–Kier alpha value is -1.12. The molecule has 3 aliphatic rings. The fourth-order valence-electron chi connectivity index (χ4n) is 6.05. The maximum absolute atomic E-state index is 12.5. The van der Waals surface area contributed by atoms with E-state index in [0.717, 1.165) is 32.1 Å². The van der Waals surface area contributed by atoms with Crippen LogP contribution in [0.5, 0.6) is 0 Å². The van der Waals surface area contributed by atoms with Gasteiger partial charge in [0.2, 0.25) is 0 Å². The molecule has 5 atom stereocenters. The third-order valence-electron chi connectivity index (χ3n) is 7.12. The second kappa shape index (κ2) is 5.21. The van der Waals surface area contributed by atoms with Gasteiger partial charge in [0.1, 0.15) is 0 Å². The van der Waals surface area contributed by atoms with E-state index >= 15 is 0 Å². The number of rotatable bonds is 1. The Morgan fingerprint density at radius 3 is 2.68 bits per heavy atom. The Labute approximate surface area is 133 Å². The highest BCUT2D eigenvalue weighted by Crippen LogP contribution is 2.63. The third-order valence-corrected chi connectivity index (χ3v) is 7.12. The number of fused-ring (bicyclic) bond motifs is 3. The van der Waals surface area contributed by atoms with E-state index in [1.54, 1.807) is 0 Å². The molecule has 0 saturated heterocycles. The molecule has 0 heterocycles. The maximum atomic E-state index is 12.5. The molecule has 0 aromatic heterocycles. The van der Waals surface area contributed by atoms with Crippen LogP contribution in [0.2, 0.25) is 0 Å². The lowest BCUT2D eigenvalue weighted by molar-refractivity contribution is -0.173. The van der Waals surface area contributed by atoms with Crippen LogP contribution in [0.1, 0.15) is 59.3 Å². The molecular weight excluding hydrogens is 276 g/mol. The van der Waals surface area contributed by atoms with Gasteiger partial charge in [-0.2, -0.15) is 0 Å². The van der Waals surface area contributed by atoms with E-state index in [1.807, 2.05) is 6.08 Å². The first-order valence-corrected chi connectivity index (χ1v) is 8.62. The number of hydrogen-bond acceptors (Lipinski definition) is 3. The van der Waals surface area contributed by atoms with Crippen LogP contribution in [0, 0.1) is 28.6 Å². The summed E-state index contributed by atoms with van der Waals surface area (Å²) in [4.78, 5) is 24.6. The monoisotopic (exact) mass is 304 g/mol. The zero-order valence-corrected chi connectivity index (χ0v) is 14.3. The summed E-state index contributed by atoms with van der Waals surface area (Å²) in [7, 11) is 1.50. The van der Waals surface area contributed by atoms with E-state index in [2.05, 4.69) is 20.8 Å². The number of allylic oxidation sites excluding steroid dienone is 2. The van der Waals surface area contributed by atoms with Gasteiger partial charge in [-0.1, -0.05) is 18.9 Å². The predicted molar refractivity (Wildman–Crippen MR) is 85.2 cm³/mol. The zero-order valence-electron chi connectivity index (χ0n) is 14.3. The Balaban J connectivity index is 2.00. The predicted octanol–water partition coefficient (Wildman–Crippen LogP) is 3.92. The van der Waals surface area contributed by atoms with Gasteiger partial charge in [0.25, 0.3) is 0 Å². The van der Waals surface area contributed by atoms with Crippen molar-refractivity contribution in [3.8, 4) is 0 Å². The van der Waals surface area contributed by atoms with Crippen LogP contribution in [-0.4, -0.2) is 18.9 Å². The summed E-state index contributed by atoms with van der Waals surface area (Å²) in [6, 6.07) is 0. The van der Waals surface area contributed by atoms with Crippen LogP contribution in [-0.2, 0) is 14.3 Å². The molecule has 0 amide bonds. The molecule has 2 saturated carbocycles. The van der Waals surface area contributed by atoms with Crippen LogP contribution < -0.4 is 0 Å². The minimum Gasteiger partial charge on any atom is -0.469 e. The van der Waals surface area contributed by atoms with Crippen molar-refractivity contribution in [1.82, 2.24) is 0 Å². The lowest BCUT2D eigenvalue weighted by Gasteiger charge is -2.59. The number of esters is 1. The van der Waals surface area contributed by atoms with E-state index in [-0.39, 0.29) is 22.6 Å². The van der Waals surface area contributed by atoms with Gasteiger partial charge in [0.15, 0.2) is 5.78 Å². The number of carbonyl (C=O) groups is 2. The molecule has 3 heteroatoms. The summed E-state index contributed by atoms with van der Waals surface area (Å²) in [6.07, 6.45) is 7.79. The molecule has 0 unspecified atom stereocenters. The van der Waals surface area contributed by atoms with Crippen molar-refractivity contribution in [2.45, 2.75) is 59.3 Å². The van der Waals surface area contributed by atoms with Crippen molar-refractivity contribution in [1.29, 1.82) is 0 Å². The lowest BCUT2D eigenvalue weighted by Crippen LogP contribution is -2.56. The molecule has 22 heavy (non-hydrogen) atoms. The van der Waals surface area contributed by atoms with Crippen molar-refractivity contribution in [2.24, 2.45) is 28.6 Å². The van der Waals surface area contributed by atoms with Gasteiger partial charge in [-0.15, -0.1) is 0 Å². The van der Waals surface area contributed by atoms with Crippen LogP contribution in [0.3, 0.4) is 0 Å². The van der Waals surface area contributed by atoms with E-state index in [0.29, 0.717) is 24.2 Å². The number of ether oxygens (including phenoxy) is 1. The van der Waals surface area contributed by atoms with Gasteiger partial charge < -0.3 is 4.74 Å². The van der Waals surface area contributed by atoms with E-state index in [1.165, 1.54) is 12.7 Å². The molecule has 2 fully saturated rings. The molecule has 0 spiro atoms. The fraction of sp³-hybridized carbons (Fsp3) is 0.789. The smallest absolute Gasteiger partial charge is 0.311 e. The highest BCUT2D eigenvalue weighted by Gasteiger charge is 2.59. The lowest BCUT2D eigenvalue weighted by atomic mass is 9.44. The van der Waals surface area contributed by atoms with Crippen LogP contribution in [0.15, 0.2) is 11.6 Å². The first-order chi connectivity index (χ1) is 10.3. The molecule has 0 aromatic carbocycles. The average molecular weight is 304 g/mol. The summed E-state index contributed by atoms with van der Waals surface area (Å²) >= 11 is 0. The number of hydrogen-bond donors (Lipinski definition) is 0. The first kappa shape index (κ1) is 15.8. The molecule has 0 aliphatic heterocycles. The molecule has 0 aromatic rings. The van der Waals surface area contributed by atoms with Gasteiger partial charge >= 0.3 is 5.97 Å². The van der Waals surface area contributed by atoms with Gasteiger partial charge in [0, 0.05) is 6.42 Å². The third kappa shape index (κ3) is 2.08. The summed E-state index contributed by atoms with van der Waals surface area (Å²) in [5.74, 6) is 1.47. The summed E-state index contributed by atoms with van der Waals surface area (Å²) in [5, 5.41) is 0. The van der Waals surface area contributed by atoms with E-state index in [4.69, 9.17) is 4.74 Å². The maximum Gasteiger partial charge on any atom is 0.311 e. The van der Waals surface area contributed by atoms with Gasteiger partial charge in [0.05, 0.1) is 12.5 Å². The van der Waals surface area contributed by atoms with Gasteiger partial charge in [-0.05, 0) is 68.8 Å². The van der Waals surface area contributed by atoms with Crippen molar-refractivity contribution in [3.05, 3.63) is 11.6 Å². The standard InChI is InChI=1S/C19H28O3/c1-12-10-13(20)11-15-14(12)6-7-16-18(15,2)8-5-9-19(16,3)17(21)22-4/h10,14-16H,5-9,11H2,1-4H3/t14-,15-,16+,18+,19+/m0/s1. The Bertz CT molecular complexity index is 535. The molecule has 0 radical (unpaired) electrons. The molecular formula is C19H28O3. The Morgan fingerprint density at radius 1 is 1.27 bits per heavy atom. The highest BCUT2D eigenvalue weighted by atomic mass is 16.5. The zero-order chi connectivity index (χ0) is 16.1. The van der Waals surface area contributed by atoms with Crippen LogP contribution >= 0.6 is 0 Å². The largest absolute Gasteiger partial charge is 0.469 e. The molecule has 3 rings (SSSR count). The Morgan fingerprint density at radius 2 is 2.00 bits per heavy atom. The SMILES string of the molecule is COC(=O)[C@]1(C)CCC[C@@]2(C)[C@H]1CC[C@H]1C(C)=CC(=O)C[C@@H]12. The van der Waals surface area contributed by atoms with Crippen LogP contribution in [0.4, 0.5) is 0 Å². The normalized spacial score (nSPS) is 44.6. The Kier molecular flexibility index (Phi) is 3.73. The van der Waals surface area contributed by atoms with E-state index < -0.39 is 0 Å². The van der Waals surface area contributed by atoms with Crippen LogP contribution in [0.25, 0.3) is 0 Å². The second-order valence-electron chi connectivity index (χ2n) is 8.17. The van der Waals surface area contributed by atoms with Crippen molar-refractivity contribution in [3.63, 3.8) is 0 Å². The van der Waals surface area contributed by atoms with Gasteiger partial charge in [-0.25, -0.2) is 0 Å². The quantitative estimate of drug-likeness (QED) is 0.690. The van der Waals surface area contributed by atoms with Crippen molar-refractivity contribution >= 4 is 11.8 Å². The molecule has 3 nitrogen and oxygen atoms in total. The average Bonchev–Trinajstić information content (AvgIpc) is 2.46. The molecule has 0 bridgehead atoms. The first-order valence-electron chi connectivity index (χ1n) is 8.62. The molecule has 0 N–H and O–H groups in total. The minimum atomic E-state index is -0.384. The topological polar surface area (TPSA) is 43.4 Å². The number of carbonyl (C=O) groups excluding carboxylic acids is 2. The number of methoxy groups -OCH3 is 1. The number of ketones is 1. The highest BCUT2D eigenvalue weighted by molar-refractivity contribution is 5.91. The van der Waals surface area contributed by atoms with E-state index in [9.17, 15) is 9.59 Å². The molecule has 122 valence electrons. The summed E-state index contributed by atoms with van der Waals surface area (Å²) in [5.41, 5.74) is 0.950. The van der Waals surface area contributed by atoms with Gasteiger partial charge in [-0.3, -0.25) is 9.59 Å². The van der Waals surface area contributed by atoms with Crippen molar-refractivity contribution < 1.29 is 14.3 Å². The van der Waals surface area contributed by atoms with Crippen molar-refractivity contribution in [2.75, 3.05) is 7.11 Å². The fourth-order valence-corrected chi connectivity index (χ4v) is 6.05. The molecule has 3 aliphatic carbocycles. The minimum absolute atomic E-state index is 0.0590.